The minimum atomic E-state index is -1.33. The SMILES string of the molecule is CC(=O)N[C@@H](CS)C(=O)N[C@@H](Cc1ccccc1)C(=O)N[C@@H](Cc1c[nH]c2ccccc12)C(=O)N[C@@H](CCCCN)C(=O)N[C@@H](Cc1ccc2ccccc2c1)C(=O)N[C@@H](CCCCN)C(=O)N[C@@H](CS)C(N)=O. The summed E-state index contributed by atoms with van der Waals surface area (Å²) in [6, 6.07) is 21.1. The third-order valence-electron chi connectivity index (χ3n) is 12.4. The van der Waals surface area contributed by atoms with Crippen molar-refractivity contribution in [3.8, 4) is 0 Å². The summed E-state index contributed by atoms with van der Waals surface area (Å²) in [4.78, 5) is 113. The lowest BCUT2D eigenvalue weighted by molar-refractivity contribution is -0.135. The summed E-state index contributed by atoms with van der Waals surface area (Å²) in [6.45, 7) is 1.87. The lowest BCUT2D eigenvalue weighted by Crippen LogP contribution is -2.61. The van der Waals surface area contributed by atoms with Crippen LogP contribution in [0.3, 0.4) is 0 Å². The zero-order chi connectivity index (χ0) is 53.6. The van der Waals surface area contributed by atoms with Gasteiger partial charge in [0.25, 0.3) is 0 Å². The van der Waals surface area contributed by atoms with Gasteiger partial charge >= 0.3 is 0 Å². The van der Waals surface area contributed by atoms with Crippen LogP contribution in [0.4, 0.5) is 0 Å². The van der Waals surface area contributed by atoms with Crippen LogP contribution in [0.15, 0.2) is 103 Å². The molecule has 1 aromatic heterocycles. The monoisotopic (exact) mass is 1050 g/mol. The van der Waals surface area contributed by atoms with Crippen LogP contribution in [0.25, 0.3) is 21.7 Å². The van der Waals surface area contributed by atoms with E-state index in [-0.39, 0.29) is 50.2 Å². The molecule has 0 aliphatic heterocycles. The molecule has 7 atom stereocenters. The molecule has 0 saturated carbocycles. The molecule has 21 heteroatoms. The van der Waals surface area contributed by atoms with Gasteiger partial charge in [-0.2, -0.15) is 25.3 Å². The van der Waals surface area contributed by atoms with Gasteiger partial charge in [-0.05, 0) is 85.1 Å². The Morgan fingerprint density at radius 2 is 0.946 bits per heavy atom. The first-order valence-corrected chi connectivity index (χ1v) is 26.0. The molecule has 0 saturated heterocycles. The van der Waals surface area contributed by atoms with Gasteiger partial charge in [-0.15, -0.1) is 0 Å². The Morgan fingerprint density at radius 1 is 0.486 bits per heavy atom. The highest BCUT2D eigenvalue weighted by Crippen LogP contribution is 2.21. The molecule has 0 aliphatic rings. The van der Waals surface area contributed by atoms with Crippen molar-refractivity contribution in [1.29, 1.82) is 0 Å². The number of benzene rings is 4. The van der Waals surface area contributed by atoms with Crippen molar-refractivity contribution in [3.05, 3.63) is 120 Å². The van der Waals surface area contributed by atoms with Crippen molar-refractivity contribution in [3.63, 3.8) is 0 Å². The maximum atomic E-state index is 14.9. The number of aromatic amines is 1. The van der Waals surface area contributed by atoms with Crippen LogP contribution >= 0.6 is 25.3 Å². The summed E-state index contributed by atoms with van der Waals surface area (Å²) in [5.74, 6) is -5.70. The number of carbonyl (C=O) groups is 8. The molecule has 1 heterocycles. The lowest BCUT2D eigenvalue weighted by Gasteiger charge is -2.28. The summed E-state index contributed by atoms with van der Waals surface area (Å²) >= 11 is 8.39. The average molecular weight is 1050 g/mol. The third kappa shape index (κ3) is 17.6. The van der Waals surface area contributed by atoms with E-state index >= 15 is 0 Å². The highest BCUT2D eigenvalue weighted by Gasteiger charge is 2.34. The number of nitrogens with one attached hydrogen (secondary N) is 8. The Bertz CT molecular complexity index is 2710. The Morgan fingerprint density at radius 3 is 1.49 bits per heavy atom. The summed E-state index contributed by atoms with van der Waals surface area (Å²) < 4.78 is 0. The first kappa shape index (κ1) is 58.0. The number of primary amides is 1. The first-order chi connectivity index (χ1) is 35.6. The summed E-state index contributed by atoms with van der Waals surface area (Å²) in [5.41, 5.74) is 20.0. The van der Waals surface area contributed by atoms with Gasteiger partial charge in [-0.1, -0.05) is 91.0 Å². The number of hydrogen-bond acceptors (Lipinski definition) is 12. The molecule has 0 unspecified atom stereocenters. The molecule has 396 valence electrons. The second-order valence-corrected chi connectivity index (χ2v) is 18.8. The quantitative estimate of drug-likeness (QED) is 0.0232. The summed E-state index contributed by atoms with van der Waals surface area (Å²) in [6.07, 6.45) is 3.72. The van der Waals surface area contributed by atoms with E-state index in [4.69, 9.17) is 17.2 Å². The standard InChI is InChI=1S/C53H69N11O8S2/c1-32(65)58-46(31-74)53(72)62-42(26-33-13-3-2-4-14-33)51(70)63-44(28-37-29-57-39-18-8-7-17-38(37)39)52(71)60-40(19-9-11-23-54)48(67)61-43(27-34-21-22-35-15-5-6-16-36(35)25-34)50(69)59-41(20-10-12-24-55)49(68)64-45(30-73)47(56)66/h2-8,13-18,21-22,25,29,40-46,57,73-74H,9-12,19-20,23-24,26-28,30-31,54-55H2,1H3,(H2,56,66)(H,58,65)(H,59,69)(H,60,71)(H,61,67)(H,62,72)(H,63,70)(H,64,68)/t40-,41-,42-,43-,44-,45-,46-/m0/s1. The summed E-state index contributed by atoms with van der Waals surface area (Å²) in [5, 5.41) is 21.8. The number of rotatable bonds is 30. The molecule has 14 N–H and O–H groups in total. The van der Waals surface area contributed by atoms with Gasteiger partial charge in [0.15, 0.2) is 0 Å². The summed E-state index contributed by atoms with van der Waals surface area (Å²) in [7, 11) is 0. The molecule has 19 nitrogen and oxygen atoms in total. The molecular formula is C53H69N11O8S2. The maximum Gasteiger partial charge on any atom is 0.244 e. The molecule has 0 spiro atoms. The van der Waals surface area contributed by atoms with Gasteiger partial charge in [0.2, 0.25) is 47.3 Å². The Kier molecular flexibility index (Phi) is 23.2. The Balaban J connectivity index is 1.48. The van der Waals surface area contributed by atoms with Gasteiger partial charge in [-0.3, -0.25) is 38.4 Å². The number of nitrogens with two attached hydrogens (primary N) is 3. The predicted octanol–water partition coefficient (Wildman–Crippen LogP) is 1.37. The zero-order valence-electron chi connectivity index (χ0n) is 41.4. The fourth-order valence-corrected chi connectivity index (χ4v) is 8.93. The van der Waals surface area contributed by atoms with E-state index < -0.39 is 89.6 Å². The van der Waals surface area contributed by atoms with Gasteiger partial charge in [0, 0.05) is 54.8 Å². The molecule has 4 aromatic carbocycles. The molecule has 8 amide bonds. The van der Waals surface area contributed by atoms with Crippen molar-refractivity contribution in [2.24, 2.45) is 17.2 Å². The van der Waals surface area contributed by atoms with Crippen molar-refractivity contribution in [1.82, 2.24) is 42.2 Å². The third-order valence-corrected chi connectivity index (χ3v) is 13.1. The van der Waals surface area contributed by atoms with Gasteiger partial charge in [-0.25, -0.2) is 0 Å². The Hall–Kier alpha value is -6.94. The van der Waals surface area contributed by atoms with E-state index in [0.29, 0.717) is 48.9 Å². The number of hydrogen-bond donors (Lipinski definition) is 13. The number of carbonyl (C=O) groups excluding carboxylic acids is 8. The fraction of sp³-hybridized carbons (Fsp3) is 0.396. The molecule has 0 aliphatic carbocycles. The highest BCUT2D eigenvalue weighted by molar-refractivity contribution is 7.80. The van der Waals surface area contributed by atoms with Crippen LogP contribution in [-0.4, -0.2) is 119 Å². The van der Waals surface area contributed by atoms with Crippen molar-refractivity contribution >= 4 is 94.2 Å². The van der Waals surface area contributed by atoms with Crippen LogP contribution in [0, 0.1) is 0 Å². The molecule has 0 fully saturated rings. The molecule has 0 radical (unpaired) electrons. The van der Waals surface area contributed by atoms with Crippen LogP contribution < -0.4 is 54.4 Å². The number of para-hydroxylation sites is 1. The fourth-order valence-electron chi connectivity index (χ4n) is 8.40. The van der Waals surface area contributed by atoms with Gasteiger partial charge < -0.3 is 59.4 Å². The van der Waals surface area contributed by atoms with Crippen LogP contribution in [-0.2, 0) is 57.6 Å². The number of unbranched alkanes of at least 4 members (excludes halogenated alkanes) is 2. The largest absolute Gasteiger partial charge is 0.368 e. The van der Waals surface area contributed by atoms with E-state index in [1.165, 1.54) is 6.92 Å². The number of fused-ring (bicyclic) bond motifs is 2. The predicted molar refractivity (Wildman–Crippen MR) is 292 cm³/mol. The van der Waals surface area contributed by atoms with Crippen LogP contribution in [0.5, 0.6) is 0 Å². The van der Waals surface area contributed by atoms with Gasteiger partial charge in [0.05, 0.1) is 0 Å². The van der Waals surface area contributed by atoms with E-state index in [2.05, 4.69) is 67.5 Å². The minimum Gasteiger partial charge on any atom is -0.368 e. The van der Waals surface area contributed by atoms with Crippen molar-refractivity contribution < 1.29 is 38.4 Å². The number of thiol groups is 2. The minimum absolute atomic E-state index is 0.0143. The second kappa shape index (κ2) is 29.7. The van der Waals surface area contributed by atoms with Crippen LogP contribution in [0.1, 0.15) is 62.1 Å². The highest BCUT2D eigenvalue weighted by atomic mass is 32.1. The van der Waals surface area contributed by atoms with Crippen molar-refractivity contribution in [2.75, 3.05) is 24.6 Å². The van der Waals surface area contributed by atoms with Crippen LogP contribution in [0.2, 0.25) is 0 Å². The topological polar surface area (TPSA) is 315 Å². The average Bonchev–Trinajstić information content (AvgIpc) is 3.80. The molecule has 0 bridgehead atoms. The Labute approximate surface area is 441 Å². The van der Waals surface area contributed by atoms with E-state index in [9.17, 15) is 38.4 Å². The number of amides is 8. The lowest BCUT2D eigenvalue weighted by atomic mass is 9.99. The molecule has 74 heavy (non-hydrogen) atoms. The maximum absolute atomic E-state index is 14.9. The van der Waals surface area contributed by atoms with E-state index in [1.54, 1.807) is 36.5 Å². The zero-order valence-corrected chi connectivity index (χ0v) is 43.2. The smallest absolute Gasteiger partial charge is 0.244 e. The first-order valence-electron chi connectivity index (χ1n) is 24.7. The number of aromatic nitrogens is 1. The normalized spacial score (nSPS) is 14.0. The molecular weight excluding hydrogens is 983 g/mol. The van der Waals surface area contributed by atoms with E-state index in [0.717, 1.165) is 21.7 Å². The number of H-pyrrole nitrogens is 1. The second-order valence-electron chi connectivity index (χ2n) is 18.1. The van der Waals surface area contributed by atoms with E-state index in [1.807, 2.05) is 66.7 Å². The molecule has 5 aromatic rings. The van der Waals surface area contributed by atoms with Gasteiger partial charge in [0.1, 0.15) is 42.3 Å². The van der Waals surface area contributed by atoms with Crippen molar-refractivity contribution in [2.45, 2.75) is 107 Å². The molecule has 5 rings (SSSR count).